The van der Waals surface area contributed by atoms with Crippen molar-refractivity contribution in [2.24, 2.45) is 0 Å². The monoisotopic (exact) mass is 290 g/mol. The van der Waals surface area contributed by atoms with Gasteiger partial charge in [0, 0.05) is 11.4 Å². The van der Waals surface area contributed by atoms with Crippen LogP contribution in [-0.4, -0.2) is 18.2 Å². The lowest BCUT2D eigenvalue weighted by atomic mass is 9.87. The zero-order chi connectivity index (χ0) is 14.6. The molecule has 2 aromatic carbocycles. The summed E-state index contributed by atoms with van der Waals surface area (Å²) in [5, 5.41) is 11.3. The Morgan fingerprint density at radius 1 is 1.20 bits per heavy atom. The van der Waals surface area contributed by atoms with Crippen LogP contribution >= 0.6 is 11.6 Å². The minimum absolute atomic E-state index is 0.126. The van der Waals surface area contributed by atoms with Gasteiger partial charge in [-0.1, -0.05) is 54.1 Å². The summed E-state index contributed by atoms with van der Waals surface area (Å²) in [5.41, 5.74) is -0.498. The van der Waals surface area contributed by atoms with Gasteiger partial charge in [-0.05, 0) is 23.3 Å². The summed E-state index contributed by atoms with van der Waals surface area (Å²) in [6, 6.07) is 15.9. The highest BCUT2D eigenvalue weighted by Gasteiger charge is 2.39. The van der Waals surface area contributed by atoms with Crippen molar-refractivity contribution in [2.75, 3.05) is 7.11 Å². The first-order chi connectivity index (χ1) is 9.56. The third-order valence-corrected chi connectivity index (χ3v) is 3.36. The van der Waals surface area contributed by atoms with Crippen molar-refractivity contribution in [3.05, 3.63) is 70.7 Å². The minimum Gasteiger partial charge on any atom is -0.467 e. The zero-order valence-electron chi connectivity index (χ0n) is 11.0. The number of ether oxygens (including phenoxy) is 1. The fraction of sp³-hybridized carbons (Fsp3) is 0.188. The molecule has 0 radical (unpaired) electrons. The first kappa shape index (κ1) is 14.6. The van der Waals surface area contributed by atoms with Gasteiger partial charge in [0.05, 0.1) is 7.11 Å². The van der Waals surface area contributed by atoms with Crippen LogP contribution in [0.4, 0.5) is 0 Å². The molecule has 1 N–H and O–H groups in total. The average molecular weight is 291 g/mol. The van der Waals surface area contributed by atoms with Gasteiger partial charge in [0.25, 0.3) is 0 Å². The maximum absolute atomic E-state index is 12.0. The lowest BCUT2D eigenvalue weighted by molar-refractivity contribution is -0.163. The number of carbonyl (C=O) groups is 1. The summed E-state index contributed by atoms with van der Waals surface area (Å²) in [6.45, 7) is 0. The minimum atomic E-state index is -1.75. The van der Waals surface area contributed by atoms with E-state index in [2.05, 4.69) is 0 Å². The molecule has 0 heterocycles. The average Bonchev–Trinajstić information content (AvgIpc) is 2.47. The predicted octanol–water partition coefficient (Wildman–Crippen LogP) is 2.94. The zero-order valence-corrected chi connectivity index (χ0v) is 11.8. The molecule has 2 aromatic rings. The van der Waals surface area contributed by atoms with E-state index in [0.29, 0.717) is 10.6 Å². The molecule has 20 heavy (non-hydrogen) atoms. The molecule has 1 unspecified atom stereocenters. The summed E-state index contributed by atoms with van der Waals surface area (Å²) in [7, 11) is 1.25. The highest BCUT2D eigenvalue weighted by molar-refractivity contribution is 6.30. The second-order valence-corrected chi connectivity index (χ2v) is 4.96. The SMILES string of the molecule is COC(=O)C(O)(Cc1ccccc1)c1cccc(Cl)c1. The van der Waals surface area contributed by atoms with E-state index in [9.17, 15) is 9.90 Å². The maximum atomic E-state index is 12.0. The molecule has 0 aliphatic rings. The molecule has 0 aliphatic carbocycles. The second kappa shape index (κ2) is 6.07. The number of benzene rings is 2. The molecule has 0 amide bonds. The molecule has 3 nitrogen and oxygen atoms in total. The highest BCUT2D eigenvalue weighted by atomic mass is 35.5. The van der Waals surface area contributed by atoms with Crippen molar-refractivity contribution in [3.63, 3.8) is 0 Å². The Morgan fingerprint density at radius 3 is 2.50 bits per heavy atom. The summed E-state index contributed by atoms with van der Waals surface area (Å²) < 4.78 is 4.75. The normalized spacial score (nSPS) is 13.6. The number of hydrogen-bond acceptors (Lipinski definition) is 3. The van der Waals surface area contributed by atoms with E-state index in [4.69, 9.17) is 16.3 Å². The molecule has 0 fully saturated rings. The number of esters is 1. The van der Waals surface area contributed by atoms with E-state index >= 15 is 0 Å². The van der Waals surface area contributed by atoms with Crippen molar-refractivity contribution < 1.29 is 14.6 Å². The summed E-state index contributed by atoms with van der Waals surface area (Å²) in [5.74, 6) is -0.705. The quantitative estimate of drug-likeness (QED) is 0.881. The van der Waals surface area contributed by atoms with Gasteiger partial charge in [-0.25, -0.2) is 4.79 Å². The topological polar surface area (TPSA) is 46.5 Å². The van der Waals surface area contributed by atoms with Gasteiger partial charge in [0.2, 0.25) is 0 Å². The molecule has 1 atom stereocenters. The van der Waals surface area contributed by atoms with Crippen molar-refractivity contribution >= 4 is 17.6 Å². The van der Waals surface area contributed by atoms with Gasteiger partial charge < -0.3 is 9.84 Å². The van der Waals surface area contributed by atoms with Gasteiger partial charge in [0.15, 0.2) is 5.60 Å². The third-order valence-electron chi connectivity index (χ3n) is 3.13. The lowest BCUT2D eigenvalue weighted by Crippen LogP contribution is -2.39. The molecule has 104 valence electrons. The molecule has 0 aliphatic heterocycles. The van der Waals surface area contributed by atoms with Crippen molar-refractivity contribution in [1.29, 1.82) is 0 Å². The highest BCUT2D eigenvalue weighted by Crippen LogP contribution is 2.29. The van der Waals surface area contributed by atoms with Crippen LogP contribution in [0.2, 0.25) is 5.02 Å². The van der Waals surface area contributed by atoms with Crippen LogP contribution in [0.3, 0.4) is 0 Å². The van der Waals surface area contributed by atoms with Gasteiger partial charge in [-0.15, -0.1) is 0 Å². The van der Waals surface area contributed by atoms with Gasteiger partial charge in [-0.3, -0.25) is 0 Å². The number of rotatable bonds is 4. The van der Waals surface area contributed by atoms with E-state index in [-0.39, 0.29) is 6.42 Å². The Hall–Kier alpha value is -1.84. The molecule has 0 aromatic heterocycles. The van der Waals surface area contributed by atoms with Crippen LogP contribution in [0.5, 0.6) is 0 Å². The summed E-state index contributed by atoms with van der Waals surface area (Å²) in [6.07, 6.45) is 0.126. The first-order valence-corrected chi connectivity index (χ1v) is 6.55. The Bertz CT molecular complexity index is 598. The van der Waals surface area contributed by atoms with Crippen LogP contribution in [0.1, 0.15) is 11.1 Å². The summed E-state index contributed by atoms with van der Waals surface area (Å²) in [4.78, 5) is 12.0. The second-order valence-electron chi connectivity index (χ2n) is 4.52. The molecule has 0 saturated heterocycles. The van der Waals surface area contributed by atoms with E-state index < -0.39 is 11.6 Å². The van der Waals surface area contributed by atoms with Gasteiger partial charge in [-0.2, -0.15) is 0 Å². The van der Waals surface area contributed by atoms with E-state index in [1.807, 2.05) is 30.3 Å². The Kier molecular flexibility index (Phi) is 4.42. The Balaban J connectivity index is 2.43. The number of carbonyl (C=O) groups excluding carboxylic acids is 1. The van der Waals surface area contributed by atoms with Crippen LogP contribution in [0.15, 0.2) is 54.6 Å². The lowest BCUT2D eigenvalue weighted by Gasteiger charge is -2.26. The van der Waals surface area contributed by atoms with Gasteiger partial charge in [0.1, 0.15) is 0 Å². The fourth-order valence-electron chi connectivity index (χ4n) is 2.10. The predicted molar refractivity (Wildman–Crippen MR) is 77.5 cm³/mol. The number of halogens is 1. The first-order valence-electron chi connectivity index (χ1n) is 6.17. The van der Waals surface area contributed by atoms with Crippen molar-refractivity contribution in [2.45, 2.75) is 12.0 Å². The number of aliphatic hydroxyl groups is 1. The van der Waals surface area contributed by atoms with Crippen LogP contribution in [0.25, 0.3) is 0 Å². The smallest absolute Gasteiger partial charge is 0.342 e. The van der Waals surface area contributed by atoms with Crippen LogP contribution < -0.4 is 0 Å². The molecule has 0 saturated carbocycles. The van der Waals surface area contributed by atoms with Gasteiger partial charge >= 0.3 is 5.97 Å². The third kappa shape index (κ3) is 3.00. The van der Waals surface area contributed by atoms with Crippen LogP contribution in [-0.2, 0) is 21.6 Å². The maximum Gasteiger partial charge on any atom is 0.342 e. The van der Waals surface area contributed by atoms with E-state index in [1.165, 1.54) is 7.11 Å². The molecule has 0 spiro atoms. The Labute approximate surface area is 122 Å². The van der Waals surface area contributed by atoms with Crippen molar-refractivity contribution in [1.82, 2.24) is 0 Å². The molecular formula is C16H15ClO3. The van der Waals surface area contributed by atoms with Crippen molar-refractivity contribution in [3.8, 4) is 0 Å². The number of hydrogen-bond donors (Lipinski definition) is 1. The van der Waals surface area contributed by atoms with E-state index in [0.717, 1.165) is 5.56 Å². The Morgan fingerprint density at radius 2 is 1.90 bits per heavy atom. The fourth-order valence-corrected chi connectivity index (χ4v) is 2.29. The largest absolute Gasteiger partial charge is 0.467 e. The molecule has 4 heteroatoms. The molecule has 2 rings (SSSR count). The molecule has 0 bridgehead atoms. The molecular weight excluding hydrogens is 276 g/mol. The van der Waals surface area contributed by atoms with E-state index in [1.54, 1.807) is 24.3 Å². The number of methoxy groups -OCH3 is 1. The standard InChI is InChI=1S/C16H15ClO3/c1-20-15(18)16(19,11-12-6-3-2-4-7-12)13-8-5-9-14(17)10-13/h2-10,19H,11H2,1H3. The summed E-state index contributed by atoms with van der Waals surface area (Å²) >= 11 is 5.94. The van der Waals surface area contributed by atoms with Crippen LogP contribution in [0, 0.1) is 0 Å².